The lowest BCUT2D eigenvalue weighted by molar-refractivity contribution is 0.552. The van der Waals surface area contributed by atoms with Gasteiger partial charge in [0.15, 0.2) is 0 Å². The third-order valence-electron chi connectivity index (χ3n) is 3.11. The van der Waals surface area contributed by atoms with Crippen molar-refractivity contribution in [2.24, 2.45) is 0 Å². The largest absolute Gasteiger partial charge is 0.309 e. The lowest BCUT2D eigenvalue weighted by Crippen LogP contribution is -2.26. The van der Waals surface area contributed by atoms with Crippen LogP contribution in [0.5, 0.6) is 0 Å². The van der Waals surface area contributed by atoms with E-state index >= 15 is 0 Å². The van der Waals surface area contributed by atoms with Crippen molar-refractivity contribution >= 4 is 22.7 Å². The summed E-state index contributed by atoms with van der Waals surface area (Å²) in [5.41, 5.74) is 0.269. The van der Waals surface area contributed by atoms with Gasteiger partial charge in [0.2, 0.25) is 0 Å². The molecule has 0 saturated heterocycles. The normalized spacial score (nSPS) is 13.7. The number of hydrogen-bond acceptors (Lipinski definition) is 3. The van der Waals surface area contributed by atoms with Crippen LogP contribution in [0.3, 0.4) is 0 Å². The van der Waals surface area contributed by atoms with Crippen molar-refractivity contribution < 1.29 is 0 Å². The summed E-state index contributed by atoms with van der Waals surface area (Å²) in [7, 11) is 0. The minimum absolute atomic E-state index is 0.269. The standard InChI is InChI=1S/C16H23NS2/c1-12(10-13-6-5-9-18-13)17-11-14-7-8-15(19-14)16(2,3)4/h5-9,12,17H,10-11H2,1-4H3. The Hall–Kier alpha value is -0.640. The molecule has 1 atom stereocenters. The monoisotopic (exact) mass is 293 g/mol. The van der Waals surface area contributed by atoms with E-state index in [9.17, 15) is 0 Å². The molecular formula is C16H23NS2. The van der Waals surface area contributed by atoms with E-state index in [0.717, 1.165) is 13.0 Å². The van der Waals surface area contributed by atoms with Crippen LogP contribution in [0, 0.1) is 0 Å². The summed E-state index contributed by atoms with van der Waals surface area (Å²) in [4.78, 5) is 4.36. The molecule has 1 N–H and O–H groups in total. The summed E-state index contributed by atoms with van der Waals surface area (Å²) >= 11 is 3.77. The Bertz CT molecular complexity index is 491. The van der Waals surface area contributed by atoms with Gasteiger partial charge in [-0.25, -0.2) is 0 Å². The Morgan fingerprint density at radius 2 is 1.95 bits per heavy atom. The molecule has 1 unspecified atom stereocenters. The highest BCUT2D eigenvalue weighted by molar-refractivity contribution is 7.12. The average molecular weight is 294 g/mol. The van der Waals surface area contributed by atoms with E-state index in [-0.39, 0.29) is 5.41 Å². The summed E-state index contributed by atoms with van der Waals surface area (Å²) in [6.07, 6.45) is 1.12. The minimum Gasteiger partial charge on any atom is -0.309 e. The second kappa shape index (κ2) is 6.21. The molecule has 2 aromatic rings. The number of rotatable bonds is 5. The van der Waals surface area contributed by atoms with Gasteiger partial charge in [-0.3, -0.25) is 0 Å². The lowest BCUT2D eigenvalue weighted by Gasteiger charge is -2.15. The molecule has 0 aliphatic carbocycles. The molecule has 0 saturated carbocycles. The SMILES string of the molecule is CC(Cc1cccs1)NCc1ccc(C(C)(C)C)s1. The zero-order valence-electron chi connectivity index (χ0n) is 12.2. The van der Waals surface area contributed by atoms with Crippen LogP contribution in [0.15, 0.2) is 29.6 Å². The van der Waals surface area contributed by atoms with E-state index in [1.54, 1.807) is 0 Å². The molecule has 1 nitrogen and oxygen atoms in total. The molecule has 0 fully saturated rings. The Morgan fingerprint density at radius 1 is 1.16 bits per heavy atom. The van der Waals surface area contributed by atoms with Crippen LogP contribution < -0.4 is 5.32 Å². The Kier molecular flexibility index (Phi) is 4.82. The molecule has 0 amide bonds. The summed E-state index contributed by atoms with van der Waals surface area (Å²) in [5, 5.41) is 5.77. The first-order valence-corrected chi connectivity index (χ1v) is 8.50. The van der Waals surface area contributed by atoms with E-state index in [1.807, 2.05) is 22.7 Å². The molecule has 19 heavy (non-hydrogen) atoms. The van der Waals surface area contributed by atoms with Crippen LogP contribution in [0.2, 0.25) is 0 Å². The molecule has 0 aliphatic heterocycles. The third-order valence-corrected chi connectivity index (χ3v) is 5.52. The minimum atomic E-state index is 0.269. The Balaban J connectivity index is 1.83. The third kappa shape index (κ3) is 4.44. The molecule has 3 heteroatoms. The molecule has 0 radical (unpaired) electrons. The highest BCUT2D eigenvalue weighted by Crippen LogP contribution is 2.29. The van der Waals surface area contributed by atoms with Crippen molar-refractivity contribution in [2.45, 2.75) is 52.1 Å². The first kappa shape index (κ1) is 14.8. The zero-order valence-corrected chi connectivity index (χ0v) is 13.8. The van der Waals surface area contributed by atoms with E-state index in [4.69, 9.17) is 0 Å². The first-order chi connectivity index (χ1) is 8.95. The fraction of sp³-hybridized carbons (Fsp3) is 0.500. The van der Waals surface area contributed by atoms with Gasteiger partial charge in [0, 0.05) is 27.2 Å². The van der Waals surface area contributed by atoms with Gasteiger partial charge < -0.3 is 5.32 Å². The molecule has 2 rings (SSSR count). The quantitative estimate of drug-likeness (QED) is 0.832. The molecule has 104 valence electrons. The van der Waals surface area contributed by atoms with E-state index < -0.39 is 0 Å². The second-order valence-electron chi connectivity index (χ2n) is 6.08. The number of nitrogens with one attached hydrogen (secondary N) is 1. The van der Waals surface area contributed by atoms with Crippen molar-refractivity contribution in [3.8, 4) is 0 Å². The summed E-state index contributed by atoms with van der Waals surface area (Å²) in [6, 6.07) is 9.40. The van der Waals surface area contributed by atoms with Gasteiger partial charge in [0.25, 0.3) is 0 Å². The zero-order chi connectivity index (χ0) is 13.9. The van der Waals surface area contributed by atoms with Crippen LogP contribution in [0.4, 0.5) is 0 Å². The van der Waals surface area contributed by atoms with Crippen LogP contribution in [-0.2, 0) is 18.4 Å². The van der Waals surface area contributed by atoms with E-state index in [2.05, 4.69) is 62.7 Å². The molecule has 0 spiro atoms. The van der Waals surface area contributed by atoms with E-state index in [1.165, 1.54) is 14.6 Å². The van der Waals surface area contributed by atoms with E-state index in [0.29, 0.717) is 6.04 Å². The van der Waals surface area contributed by atoms with Crippen LogP contribution in [0.1, 0.15) is 42.3 Å². The van der Waals surface area contributed by atoms with Crippen LogP contribution in [-0.4, -0.2) is 6.04 Å². The average Bonchev–Trinajstić information content (AvgIpc) is 2.95. The predicted octanol–water partition coefficient (Wildman–Crippen LogP) is 4.83. The van der Waals surface area contributed by atoms with Gasteiger partial charge in [-0.2, -0.15) is 0 Å². The summed E-state index contributed by atoms with van der Waals surface area (Å²) in [5.74, 6) is 0. The van der Waals surface area contributed by atoms with Crippen LogP contribution >= 0.6 is 22.7 Å². The number of thiophene rings is 2. The maximum Gasteiger partial charge on any atom is 0.0302 e. The van der Waals surface area contributed by atoms with Crippen molar-refractivity contribution in [1.29, 1.82) is 0 Å². The van der Waals surface area contributed by atoms with Gasteiger partial charge in [0.1, 0.15) is 0 Å². The van der Waals surface area contributed by atoms with Crippen molar-refractivity contribution in [2.75, 3.05) is 0 Å². The van der Waals surface area contributed by atoms with Crippen molar-refractivity contribution in [3.05, 3.63) is 44.3 Å². The topological polar surface area (TPSA) is 12.0 Å². The molecule has 0 bridgehead atoms. The van der Waals surface area contributed by atoms with Gasteiger partial charge >= 0.3 is 0 Å². The Labute approximate surface area is 124 Å². The van der Waals surface area contributed by atoms with Crippen LogP contribution in [0.25, 0.3) is 0 Å². The van der Waals surface area contributed by atoms with Gasteiger partial charge in [0.05, 0.1) is 0 Å². The number of hydrogen-bond donors (Lipinski definition) is 1. The van der Waals surface area contributed by atoms with Gasteiger partial charge in [-0.05, 0) is 42.3 Å². The van der Waals surface area contributed by atoms with Gasteiger partial charge in [-0.15, -0.1) is 22.7 Å². The predicted molar refractivity (Wildman–Crippen MR) is 87.3 cm³/mol. The smallest absolute Gasteiger partial charge is 0.0302 e. The summed E-state index contributed by atoms with van der Waals surface area (Å²) < 4.78 is 0. The fourth-order valence-electron chi connectivity index (χ4n) is 1.95. The molecular weight excluding hydrogens is 270 g/mol. The van der Waals surface area contributed by atoms with Crippen molar-refractivity contribution in [3.63, 3.8) is 0 Å². The molecule has 2 heterocycles. The molecule has 0 aliphatic rings. The van der Waals surface area contributed by atoms with Crippen molar-refractivity contribution in [1.82, 2.24) is 5.32 Å². The maximum absolute atomic E-state index is 3.62. The summed E-state index contributed by atoms with van der Waals surface area (Å²) in [6.45, 7) is 10.1. The second-order valence-corrected chi connectivity index (χ2v) is 8.28. The Morgan fingerprint density at radius 3 is 2.53 bits per heavy atom. The fourth-order valence-corrected chi connectivity index (χ4v) is 3.81. The molecule has 2 aromatic heterocycles. The highest BCUT2D eigenvalue weighted by Gasteiger charge is 2.16. The maximum atomic E-state index is 3.62. The first-order valence-electron chi connectivity index (χ1n) is 6.80. The molecule has 0 aromatic carbocycles. The highest BCUT2D eigenvalue weighted by atomic mass is 32.1. The lowest BCUT2D eigenvalue weighted by atomic mass is 9.95. The van der Waals surface area contributed by atoms with Gasteiger partial charge in [-0.1, -0.05) is 26.8 Å².